The van der Waals surface area contributed by atoms with Crippen molar-refractivity contribution in [3.8, 4) is 0 Å². The normalized spacial score (nSPS) is 11.0. The maximum Gasteiger partial charge on any atom is 0.337 e. The number of aliphatic hydroxyl groups excluding tert-OH is 2. The SMILES string of the molecule is O=C(O)C(O)c1ccccc1.OCCNc1ccccc1. The van der Waals surface area contributed by atoms with E-state index in [-0.39, 0.29) is 6.61 Å². The third kappa shape index (κ3) is 6.56. The van der Waals surface area contributed by atoms with Gasteiger partial charge in [-0.15, -0.1) is 0 Å². The predicted octanol–water partition coefficient (Wildman–Crippen LogP) is 1.90. The van der Waals surface area contributed by atoms with E-state index < -0.39 is 12.1 Å². The molecule has 0 saturated carbocycles. The molecule has 0 spiro atoms. The molecule has 0 amide bonds. The zero-order valence-corrected chi connectivity index (χ0v) is 11.5. The van der Waals surface area contributed by atoms with Crippen LogP contribution in [-0.4, -0.2) is 34.4 Å². The number of carbonyl (C=O) groups is 1. The molecular formula is C16H19NO4. The van der Waals surface area contributed by atoms with Gasteiger partial charge >= 0.3 is 5.97 Å². The average molecular weight is 289 g/mol. The lowest BCUT2D eigenvalue weighted by Gasteiger charge is -2.03. The summed E-state index contributed by atoms with van der Waals surface area (Å²) >= 11 is 0. The van der Waals surface area contributed by atoms with Crippen molar-refractivity contribution in [2.75, 3.05) is 18.5 Å². The van der Waals surface area contributed by atoms with Gasteiger partial charge in [0.15, 0.2) is 6.10 Å². The minimum absolute atomic E-state index is 0.175. The van der Waals surface area contributed by atoms with Gasteiger partial charge in [-0.2, -0.15) is 0 Å². The van der Waals surface area contributed by atoms with Crippen LogP contribution >= 0.6 is 0 Å². The summed E-state index contributed by atoms with van der Waals surface area (Å²) in [5.41, 5.74) is 1.46. The second-order valence-electron chi connectivity index (χ2n) is 4.17. The standard InChI is InChI=1S/C8H11NO.C8H8O3/c10-7-6-9-8-4-2-1-3-5-8;9-7(8(10)11)6-4-2-1-3-5-6/h1-5,9-10H,6-7H2;1-5,7,9H,(H,10,11). The summed E-state index contributed by atoms with van der Waals surface area (Å²) in [5.74, 6) is -1.23. The number of hydrogen-bond donors (Lipinski definition) is 4. The van der Waals surface area contributed by atoms with E-state index >= 15 is 0 Å². The van der Waals surface area contributed by atoms with Crippen molar-refractivity contribution in [1.82, 2.24) is 0 Å². The molecule has 0 aliphatic rings. The minimum atomic E-state index is -1.41. The number of anilines is 1. The van der Waals surface area contributed by atoms with Crippen molar-refractivity contribution in [1.29, 1.82) is 0 Å². The number of nitrogens with one attached hydrogen (secondary N) is 1. The molecular weight excluding hydrogens is 270 g/mol. The maximum atomic E-state index is 10.2. The van der Waals surface area contributed by atoms with Gasteiger partial charge in [0.2, 0.25) is 0 Å². The number of para-hydroxylation sites is 1. The lowest BCUT2D eigenvalue weighted by Crippen LogP contribution is -2.09. The Morgan fingerprint density at radius 3 is 2.00 bits per heavy atom. The Bertz CT molecular complexity index is 516. The van der Waals surface area contributed by atoms with Crippen LogP contribution in [0.2, 0.25) is 0 Å². The van der Waals surface area contributed by atoms with Gasteiger partial charge in [0.25, 0.3) is 0 Å². The lowest BCUT2D eigenvalue weighted by atomic mass is 10.1. The van der Waals surface area contributed by atoms with E-state index in [1.54, 1.807) is 30.3 Å². The van der Waals surface area contributed by atoms with Gasteiger partial charge < -0.3 is 20.6 Å². The highest BCUT2D eigenvalue weighted by atomic mass is 16.4. The first-order chi connectivity index (χ1) is 10.1. The van der Waals surface area contributed by atoms with Crippen LogP contribution in [0.5, 0.6) is 0 Å². The second kappa shape index (κ2) is 9.52. The van der Waals surface area contributed by atoms with Gasteiger partial charge in [0, 0.05) is 12.2 Å². The summed E-state index contributed by atoms with van der Waals surface area (Å²) in [6.07, 6.45) is -1.41. The first-order valence-corrected chi connectivity index (χ1v) is 6.50. The van der Waals surface area contributed by atoms with Gasteiger partial charge in [-0.25, -0.2) is 4.79 Å². The smallest absolute Gasteiger partial charge is 0.337 e. The fourth-order valence-corrected chi connectivity index (χ4v) is 1.53. The summed E-state index contributed by atoms with van der Waals surface area (Å²) in [5, 5.41) is 28.9. The molecule has 112 valence electrons. The molecule has 1 atom stereocenters. The summed E-state index contributed by atoms with van der Waals surface area (Å²) in [6.45, 7) is 0.791. The molecule has 0 fully saturated rings. The molecule has 0 bridgehead atoms. The number of rotatable bonds is 5. The summed E-state index contributed by atoms with van der Waals surface area (Å²) < 4.78 is 0. The molecule has 4 N–H and O–H groups in total. The molecule has 0 aliphatic carbocycles. The number of benzene rings is 2. The Morgan fingerprint density at radius 2 is 1.52 bits per heavy atom. The Hall–Kier alpha value is -2.37. The van der Waals surface area contributed by atoms with Crippen molar-refractivity contribution >= 4 is 11.7 Å². The molecule has 2 rings (SSSR count). The predicted molar refractivity (Wildman–Crippen MR) is 81.1 cm³/mol. The summed E-state index contributed by atoms with van der Waals surface area (Å²) in [4.78, 5) is 10.2. The Morgan fingerprint density at radius 1 is 1.00 bits per heavy atom. The van der Waals surface area contributed by atoms with Crippen molar-refractivity contribution in [2.24, 2.45) is 0 Å². The van der Waals surface area contributed by atoms with E-state index in [1.165, 1.54) is 0 Å². The Kier molecular flexibility index (Phi) is 7.56. The molecule has 0 saturated heterocycles. The first-order valence-electron chi connectivity index (χ1n) is 6.50. The van der Waals surface area contributed by atoms with Crippen molar-refractivity contribution in [2.45, 2.75) is 6.10 Å². The van der Waals surface area contributed by atoms with Crippen molar-refractivity contribution < 1.29 is 20.1 Å². The molecule has 2 aromatic carbocycles. The average Bonchev–Trinajstić information content (AvgIpc) is 2.54. The second-order valence-corrected chi connectivity index (χ2v) is 4.17. The fourth-order valence-electron chi connectivity index (χ4n) is 1.53. The van der Waals surface area contributed by atoms with Crippen molar-refractivity contribution in [3.63, 3.8) is 0 Å². The molecule has 0 heterocycles. The number of carboxylic acid groups (broad SMARTS) is 1. The van der Waals surface area contributed by atoms with Crippen LogP contribution in [0.4, 0.5) is 5.69 Å². The molecule has 5 nitrogen and oxygen atoms in total. The fraction of sp³-hybridized carbons (Fsp3) is 0.188. The van der Waals surface area contributed by atoms with Crippen LogP contribution in [-0.2, 0) is 4.79 Å². The van der Waals surface area contributed by atoms with Crippen LogP contribution in [0.25, 0.3) is 0 Å². The van der Waals surface area contributed by atoms with E-state index in [1.807, 2.05) is 30.3 Å². The minimum Gasteiger partial charge on any atom is -0.479 e. The Labute approximate surface area is 123 Å². The van der Waals surface area contributed by atoms with Crippen LogP contribution in [0.3, 0.4) is 0 Å². The number of hydrogen-bond acceptors (Lipinski definition) is 4. The van der Waals surface area contributed by atoms with Crippen LogP contribution in [0, 0.1) is 0 Å². The van der Waals surface area contributed by atoms with E-state index in [0.717, 1.165) is 5.69 Å². The number of carboxylic acids is 1. The van der Waals surface area contributed by atoms with Crippen LogP contribution < -0.4 is 5.32 Å². The van der Waals surface area contributed by atoms with Gasteiger partial charge in [-0.3, -0.25) is 0 Å². The quantitative estimate of drug-likeness (QED) is 0.675. The summed E-state index contributed by atoms with van der Waals surface area (Å²) in [7, 11) is 0. The topological polar surface area (TPSA) is 89.8 Å². The largest absolute Gasteiger partial charge is 0.479 e. The number of aliphatic hydroxyl groups is 2. The van der Waals surface area contributed by atoms with Crippen LogP contribution in [0.15, 0.2) is 60.7 Å². The highest BCUT2D eigenvalue weighted by Crippen LogP contribution is 2.10. The Balaban J connectivity index is 0.000000211. The highest BCUT2D eigenvalue weighted by Gasteiger charge is 2.14. The zero-order chi connectivity index (χ0) is 15.5. The summed E-state index contributed by atoms with van der Waals surface area (Å²) in [6, 6.07) is 18.1. The molecule has 21 heavy (non-hydrogen) atoms. The molecule has 0 aromatic heterocycles. The van der Waals surface area contributed by atoms with Gasteiger partial charge in [-0.05, 0) is 17.7 Å². The van der Waals surface area contributed by atoms with E-state index in [0.29, 0.717) is 12.1 Å². The van der Waals surface area contributed by atoms with E-state index in [9.17, 15) is 4.79 Å². The molecule has 1 unspecified atom stereocenters. The van der Waals surface area contributed by atoms with Gasteiger partial charge in [0.05, 0.1) is 6.61 Å². The highest BCUT2D eigenvalue weighted by molar-refractivity contribution is 5.73. The van der Waals surface area contributed by atoms with Crippen molar-refractivity contribution in [3.05, 3.63) is 66.2 Å². The molecule has 0 aliphatic heterocycles. The van der Waals surface area contributed by atoms with Gasteiger partial charge in [0.1, 0.15) is 0 Å². The third-order valence-electron chi connectivity index (χ3n) is 2.56. The monoisotopic (exact) mass is 289 g/mol. The van der Waals surface area contributed by atoms with E-state index in [2.05, 4.69) is 5.32 Å². The zero-order valence-electron chi connectivity index (χ0n) is 11.5. The third-order valence-corrected chi connectivity index (χ3v) is 2.56. The van der Waals surface area contributed by atoms with Gasteiger partial charge in [-0.1, -0.05) is 48.5 Å². The number of aliphatic carboxylic acids is 1. The lowest BCUT2D eigenvalue weighted by molar-refractivity contribution is -0.146. The molecule has 5 heteroatoms. The van der Waals surface area contributed by atoms with E-state index in [4.69, 9.17) is 15.3 Å². The molecule has 2 aromatic rings. The maximum absolute atomic E-state index is 10.2. The van der Waals surface area contributed by atoms with Crippen LogP contribution in [0.1, 0.15) is 11.7 Å². The molecule has 0 radical (unpaired) electrons. The first kappa shape index (κ1) is 16.7.